The Morgan fingerprint density at radius 1 is 1.36 bits per heavy atom. The summed E-state index contributed by atoms with van der Waals surface area (Å²) in [7, 11) is 0. The van der Waals surface area contributed by atoms with Crippen molar-refractivity contribution in [3.05, 3.63) is 0 Å². The van der Waals surface area contributed by atoms with Crippen LogP contribution in [-0.2, 0) is 4.79 Å². The molecule has 0 aromatic carbocycles. The fraction of sp³-hybridized carbons (Fsp3) is 0.889. The maximum Gasteiger partial charge on any atom is 0.132 e. The zero-order valence-corrected chi connectivity index (χ0v) is 8.56. The van der Waals surface area contributed by atoms with Crippen LogP contribution >= 0.6 is 15.9 Å². The third-order valence-corrected chi connectivity index (χ3v) is 3.27. The van der Waals surface area contributed by atoms with Gasteiger partial charge in [0.25, 0.3) is 0 Å². The molecule has 64 valence electrons. The molecule has 0 spiro atoms. The van der Waals surface area contributed by atoms with Crippen molar-refractivity contribution in [2.24, 2.45) is 5.92 Å². The topological polar surface area (TPSA) is 17.1 Å². The molecule has 2 unspecified atom stereocenters. The van der Waals surface area contributed by atoms with Crippen molar-refractivity contribution in [2.45, 2.75) is 43.9 Å². The fourth-order valence-corrected chi connectivity index (χ4v) is 2.45. The molecule has 0 saturated heterocycles. The van der Waals surface area contributed by atoms with Crippen LogP contribution in [0.2, 0.25) is 0 Å². The fourth-order valence-electron chi connectivity index (χ4n) is 1.67. The van der Waals surface area contributed by atoms with Crippen LogP contribution in [-0.4, -0.2) is 10.6 Å². The van der Waals surface area contributed by atoms with E-state index in [2.05, 4.69) is 15.9 Å². The quantitative estimate of drug-likeness (QED) is 0.489. The lowest BCUT2D eigenvalue weighted by molar-refractivity contribution is -0.121. The van der Waals surface area contributed by atoms with Gasteiger partial charge in [-0.15, -0.1) is 0 Å². The molecule has 2 heteroatoms. The van der Waals surface area contributed by atoms with Crippen LogP contribution in [0.25, 0.3) is 0 Å². The van der Waals surface area contributed by atoms with Crippen LogP contribution in [0.15, 0.2) is 0 Å². The number of carbonyl (C=O) groups excluding carboxylic acids is 1. The van der Waals surface area contributed by atoms with Gasteiger partial charge in [0.2, 0.25) is 0 Å². The highest BCUT2D eigenvalue weighted by atomic mass is 79.9. The largest absolute Gasteiger partial charge is 0.300 e. The van der Waals surface area contributed by atoms with Crippen molar-refractivity contribution in [3.63, 3.8) is 0 Å². The Bertz CT molecular complexity index is 144. The summed E-state index contributed by atoms with van der Waals surface area (Å²) in [6.07, 6.45) is 5.91. The highest BCUT2D eigenvalue weighted by molar-refractivity contribution is 9.09. The number of ketones is 1. The monoisotopic (exact) mass is 218 g/mol. The minimum absolute atomic E-state index is 0.335. The first-order valence-electron chi connectivity index (χ1n) is 4.34. The third-order valence-electron chi connectivity index (χ3n) is 2.44. The SMILES string of the molecule is CC(=O)C1CCCCC(Br)C1. The summed E-state index contributed by atoms with van der Waals surface area (Å²) in [6.45, 7) is 1.72. The predicted octanol–water partition coefficient (Wildman–Crippen LogP) is 2.92. The molecular formula is C9H15BrO. The second kappa shape index (κ2) is 4.24. The Kier molecular flexibility index (Phi) is 3.57. The van der Waals surface area contributed by atoms with Gasteiger partial charge >= 0.3 is 0 Å². The number of hydrogen-bond donors (Lipinski definition) is 0. The Morgan fingerprint density at radius 2 is 2.00 bits per heavy atom. The molecule has 0 aromatic heterocycles. The average Bonchev–Trinajstić information content (AvgIpc) is 2.13. The van der Waals surface area contributed by atoms with Crippen molar-refractivity contribution in [1.82, 2.24) is 0 Å². The molecule has 1 aliphatic rings. The van der Waals surface area contributed by atoms with E-state index in [1.807, 2.05) is 0 Å². The second-order valence-electron chi connectivity index (χ2n) is 3.43. The van der Waals surface area contributed by atoms with Gasteiger partial charge in [0.05, 0.1) is 0 Å². The van der Waals surface area contributed by atoms with Crippen LogP contribution in [0, 0.1) is 5.92 Å². The van der Waals surface area contributed by atoms with Crippen molar-refractivity contribution >= 4 is 21.7 Å². The summed E-state index contributed by atoms with van der Waals surface area (Å²) in [5, 5.41) is 0. The van der Waals surface area contributed by atoms with Gasteiger partial charge in [-0.1, -0.05) is 28.8 Å². The summed E-state index contributed by atoms with van der Waals surface area (Å²) in [6, 6.07) is 0. The van der Waals surface area contributed by atoms with Gasteiger partial charge in [0.1, 0.15) is 5.78 Å². The minimum Gasteiger partial charge on any atom is -0.300 e. The zero-order chi connectivity index (χ0) is 8.27. The van der Waals surface area contributed by atoms with Crippen LogP contribution < -0.4 is 0 Å². The molecule has 1 rings (SSSR count). The number of rotatable bonds is 1. The van der Waals surface area contributed by atoms with E-state index in [1.165, 1.54) is 19.3 Å². The molecule has 2 atom stereocenters. The third kappa shape index (κ3) is 2.94. The summed E-state index contributed by atoms with van der Waals surface area (Å²) in [5.74, 6) is 0.707. The van der Waals surface area contributed by atoms with Gasteiger partial charge in [-0.05, 0) is 26.2 Å². The zero-order valence-electron chi connectivity index (χ0n) is 6.98. The van der Waals surface area contributed by atoms with Crippen molar-refractivity contribution in [2.75, 3.05) is 0 Å². The molecule has 0 heterocycles. The maximum absolute atomic E-state index is 11.1. The molecule has 1 fully saturated rings. The van der Waals surface area contributed by atoms with Crippen LogP contribution in [0.5, 0.6) is 0 Å². The van der Waals surface area contributed by atoms with E-state index in [4.69, 9.17) is 0 Å². The highest BCUT2D eigenvalue weighted by Crippen LogP contribution is 2.27. The summed E-state index contributed by atoms with van der Waals surface area (Å²) < 4.78 is 0. The number of carbonyl (C=O) groups is 1. The van der Waals surface area contributed by atoms with Gasteiger partial charge in [-0.2, -0.15) is 0 Å². The molecule has 1 saturated carbocycles. The normalized spacial score (nSPS) is 32.9. The Balaban J connectivity index is 2.45. The van der Waals surface area contributed by atoms with E-state index in [0.717, 1.165) is 12.8 Å². The van der Waals surface area contributed by atoms with E-state index in [0.29, 0.717) is 16.5 Å². The number of hydrogen-bond acceptors (Lipinski definition) is 1. The van der Waals surface area contributed by atoms with E-state index >= 15 is 0 Å². The number of Topliss-reactive ketones (excluding diaryl/α,β-unsaturated/α-hetero) is 1. The van der Waals surface area contributed by atoms with E-state index in [9.17, 15) is 4.79 Å². The van der Waals surface area contributed by atoms with Crippen molar-refractivity contribution in [1.29, 1.82) is 0 Å². The average molecular weight is 219 g/mol. The van der Waals surface area contributed by atoms with Gasteiger partial charge in [0.15, 0.2) is 0 Å². The molecule has 0 aliphatic heterocycles. The van der Waals surface area contributed by atoms with Crippen LogP contribution in [0.1, 0.15) is 39.0 Å². The molecule has 0 aromatic rings. The number of halogens is 1. The summed E-state index contributed by atoms with van der Waals surface area (Å²) in [4.78, 5) is 11.7. The first kappa shape index (κ1) is 9.24. The molecule has 11 heavy (non-hydrogen) atoms. The summed E-state index contributed by atoms with van der Waals surface area (Å²) >= 11 is 3.59. The predicted molar refractivity (Wildman–Crippen MR) is 50.0 cm³/mol. The van der Waals surface area contributed by atoms with Gasteiger partial charge in [0, 0.05) is 10.7 Å². The lowest BCUT2D eigenvalue weighted by atomic mass is 9.97. The van der Waals surface area contributed by atoms with E-state index in [-0.39, 0.29) is 0 Å². The Labute approximate surface area is 76.7 Å². The smallest absolute Gasteiger partial charge is 0.132 e. The second-order valence-corrected chi connectivity index (χ2v) is 4.72. The molecule has 0 radical (unpaired) electrons. The van der Waals surface area contributed by atoms with Crippen molar-refractivity contribution in [3.8, 4) is 0 Å². The highest BCUT2D eigenvalue weighted by Gasteiger charge is 2.20. The lowest BCUT2D eigenvalue weighted by Gasteiger charge is -2.11. The minimum atomic E-state index is 0.335. The first-order valence-corrected chi connectivity index (χ1v) is 5.26. The molecule has 1 nitrogen and oxygen atoms in total. The standard InChI is InChI=1S/C9H15BrO/c1-7(11)8-4-2-3-5-9(10)6-8/h8-9H,2-6H2,1H3. The van der Waals surface area contributed by atoms with Gasteiger partial charge in [-0.25, -0.2) is 0 Å². The Hall–Kier alpha value is 0.150. The van der Waals surface area contributed by atoms with Crippen LogP contribution in [0.3, 0.4) is 0 Å². The van der Waals surface area contributed by atoms with E-state index < -0.39 is 0 Å². The lowest BCUT2D eigenvalue weighted by Crippen LogP contribution is -2.13. The van der Waals surface area contributed by atoms with Gasteiger partial charge < -0.3 is 0 Å². The number of alkyl halides is 1. The van der Waals surface area contributed by atoms with Crippen LogP contribution in [0.4, 0.5) is 0 Å². The molecule has 0 bridgehead atoms. The van der Waals surface area contributed by atoms with E-state index in [1.54, 1.807) is 6.92 Å². The molecule has 0 N–H and O–H groups in total. The van der Waals surface area contributed by atoms with Gasteiger partial charge in [-0.3, -0.25) is 4.79 Å². The molecular weight excluding hydrogens is 204 g/mol. The first-order chi connectivity index (χ1) is 5.20. The molecule has 0 amide bonds. The van der Waals surface area contributed by atoms with Crippen molar-refractivity contribution < 1.29 is 4.79 Å². The maximum atomic E-state index is 11.1. The molecule has 1 aliphatic carbocycles. The Morgan fingerprint density at radius 3 is 2.64 bits per heavy atom. The summed E-state index contributed by atoms with van der Waals surface area (Å²) in [5.41, 5.74) is 0.